The molecule has 0 aromatic heterocycles. The highest BCUT2D eigenvalue weighted by Gasteiger charge is 2.34. The summed E-state index contributed by atoms with van der Waals surface area (Å²) < 4.78 is 6.45. The summed E-state index contributed by atoms with van der Waals surface area (Å²) in [6.07, 6.45) is 5.31. The van der Waals surface area contributed by atoms with Crippen LogP contribution in [0.1, 0.15) is 46.5 Å². The molecule has 1 saturated carbocycles. The lowest BCUT2D eigenvalue weighted by Gasteiger charge is -2.38. The van der Waals surface area contributed by atoms with E-state index in [1.54, 1.807) is 0 Å². The van der Waals surface area contributed by atoms with E-state index in [1.165, 1.54) is 37.4 Å². The van der Waals surface area contributed by atoms with E-state index in [-0.39, 0.29) is 0 Å². The minimum atomic E-state index is -1.43. The van der Waals surface area contributed by atoms with Crippen molar-refractivity contribution >= 4 is 8.32 Å². The van der Waals surface area contributed by atoms with E-state index in [9.17, 15) is 0 Å². The lowest BCUT2D eigenvalue weighted by molar-refractivity contribution is 0.120. The third-order valence-electron chi connectivity index (χ3n) is 4.09. The van der Waals surface area contributed by atoms with Crippen molar-refractivity contribution < 1.29 is 4.43 Å². The van der Waals surface area contributed by atoms with Crippen LogP contribution in [-0.2, 0) is 4.43 Å². The Morgan fingerprint density at radius 2 is 1.60 bits per heavy atom. The Hall–Kier alpha value is 0.137. The Balaban J connectivity index is 2.56. The van der Waals surface area contributed by atoms with Gasteiger partial charge in [-0.25, -0.2) is 0 Å². The number of hydrogen-bond donors (Lipinski definition) is 1. The second-order valence-corrected chi connectivity index (χ2v) is 9.57. The maximum absolute atomic E-state index is 6.45. The summed E-state index contributed by atoms with van der Waals surface area (Å²) in [5.74, 6) is 0. The minimum Gasteiger partial charge on any atom is -0.412 e. The van der Waals surface area contributed by atoms with Gasteiger partial charge in [-0.15, -0.1) is 0 Å². The molecular weight excluding hydrogens is 202 g/mol. The summed E-state index contributed by atoms with van der Waals surface area (Å²) >= 11 is 0. The van der Waals surface area contributed by atoms with E-state index in [0.29, 0.717) is 12.1 Å². The highest BCUT2D eigenvalue weighted by atomic mass is 28.4. The zero-order chi connectivity index (χ0) is 11.3. The highest BCUT2D eigenvalue weighted by molar-refractivity contribution is 6.73. The standard InChI is InChI=1S/C12H27NOSi/c1-4-15(5-2,6-3)14-12-10-8-7-9-11(12)13/h11-12H,4-10,13H2,1-3H3/t11-,12-/m1/s1. The number of hydrogen-bond acceptors (Lipinski definition) is 2. The Morgan fingerprint density at radius 1 is 1.07 bits per heavy atom. The molecule has 1 fully saturated rings. The summed E-state index contributed by atoms with van der Waals surface area (Å²) in [6, 6.07) is 4.02. The first kappa shape index (κ1) is 13.2. The van der Waals surface area contributed by atoms with E-state index < -0.39 is 8.32 Å². The molecule has 2 nitrogen and oxygen atoms in total. The zero-order valence-corrected chi connectivity index (χ0v) is 11.6. The molecule has 3 heteroatoms. The van der Waals surface area contributed by atoms with Crippen molar-refractivity contribution in [1.29, 1.82) is 0 Å². The first-order valence-corrected chi connectivity index (χ1v) is 9.13. The average Bonchev–Trinajstić information content (AvgIpc) is 2.29. The van der Waals surface area contributed by atoms with Gasteiger partial charge in [0.15, 0.2) is 8.32 Å². The molecule has 0 unspecified atom stereocenters. The molecule has 90 valence electrons. The van der Waals surface area contributed by atoms with Crippen LogP contribution in [0.15, 0.2) is 0 Å². The molecule has 0 saturated heterocycles. The molecule has 1 aliphatic rings. The van der Waals surface area contributed by atoms with E-state index >= 15 is 0 Å². The maximum atomic E-state index is 6.45. The predicted octanol–water partition coefficient (Wildman–Crippen LogP) is 3.28. The molecule has 1 rings (SSSR count). The van der Waals surface area contributed by atoms with Crippen molar-refractivity contribution in [3.63, 3.8) is 0 Å². The molecule has 0 aromatic carbocycles. The molecule has 2 atom stereocenters. The summed E-state index contributed by atoms with van der Waals surface area (Å²) in [5.41, 5.74) is 6.15. The second-order valence-electron chi connectivity index (χ2n) is 4.85. The van der Waals surface area contributed by atoms with Crippen molar-refractivity contribution in [2.24, 2.45) is 5.73 Å². The van der Waals surface area contributed by atoms with Gasteiger partial charge in [-0.2, -0.15) is 0 Å². The van der Waals surface area contributed by atoms with Gasteiger partial charge in [0.05, 0.1) is 6.10 Å². The summed E-state index contributed by atoms with van der Waals surface area (Å²) in [4.78, 5) is 0. The SMILES string of the molecule is CC[Si](CC)(CC)O[C@@H]1CCCC[C@H]1N. The molecule has 0 aromatic rings. The van der Waals surface area contributed by atoms with Crippen LogP contribution in [0, 0.1) is 0 Å². The van der Waals surface area contributed by atoms with Crippen molar-refractivity contribution in [3.05, 3.63) is 0 Å². The molecule has 2 N–H and O–H groups in total. The maximum Gasteiger partial charge on any atom is 0.192 e. The third kappa shape index (κ3) is 3.30. The number of rotatable bonds is 5. The molecule has 0 aliphatic heterocycles. The van der Waals surface area contributed by atoms with Crippen molar-refractivity contribution in [3.8, 4) is 0 Å². The molecule has 1 aliphatic carbocycles. The highest BCUT2D eigenvalue weighted by Crippen LogP contribution is 2.28. The van der Waals surface area contributed by atoms with Gasteiger partial charge in [-0.05, 0) is 31.0 Å². The fourth-order valence-electron chi connectivity index (χ4n) is 2.59. The second kappa shape index (κ2) is 6.02. The van der Waals surface area contributed by atoms with Crippen molar-refractivity contribution in [2.45, 2.75) is 76.7 Å². The van der Waals surface area contributed by atoms with Crippen LogP contribution in [0.4, 0.5) is 0 Å². The van der Waals surface area contributed by atoms with Crippen LogP contribution in [0.3, 0.4) is 0 Å². The van der Waals surface area contributed by atoms with Crippen LogP contribution >= 0.6 is 0 Å². The number of nitrogens with two attached hydrogens (primary N) is 1. The topological polar surface area (TPSA) is 35.2 Å². The predicted molar refractivity (Wildman–Crippen MR) is 68.5 cm³/mol. The Morgan fingerprint density at radius 3 is 2.07 bits per heavy atom. The first-order chi connectivity index (χ1) is 7.17. The molecular formula is C12H27NOSi. The van der Waals surface area contributed by atoms with Gasteiger partial charge in [0.25, 0.3) is 0 Å². The van der Waals surface area contributed by atoms with Crippen LogP contribution < -0.4 is 5.73 Å². The van der Waals surface area contributed by atoms with Crippen LogP contribution in [0.2, 0.25) is 18.1 Å². The Bertz CT molecular complexity index is 174. The van der Waals surface area contributed by atoms with Gasteiger partial charge in [0.2, 0.25) is 0 Å². The van der Waals surface area contributed by atoms with Gasteiger partial charge in [-0.1, -0.05) is 33.6 Å². The Kier molecular flexibility index (Phi) is 5.30. The van der Waals surface area contributed by atoms with E-state index in [0.717, 1.165) is 6.42 Å². The molecule has 0 bridgehead atoms. The quantitative estimate of drug-likeness (QED) is 0.734. The normalized spacial score (nSPS) is 28.0. The third-order valence-corrected chi connectivity index (χ3v) is 8.76. The molecule has 0 amide bonds. The van der Waals surface area contributed by atoms with Gasteiger partial charge < -0.3 is 10.2 Å². The van der Waals surface area contributed by atoms with E-state index in [4.69, 9.17) is 10.2 Å². The smallest absolute Gasteiger partial charge is 0.192 e. The van der Waals surface area contributed by atoms with Crippen LogP contribution in [0.25, 0.3) is 0 Å². The summed E-state index contributed by atoms with van der Waals surface area (Å²) in [5, 5.41) is 0. The first-order valence-electron chi connectivity index (χ1n) is 6.60. The summed E-state index contributed by atoms with van der Waals surface area (Å²) in [6.45, 7) is 6.86. The lowest BCUT2D eigenvalue weighted by Crippen LogP contribution is -2.48. The van der Waals surface area contributed by atoms with Crippen molar-refractivity contribution in [2.75, 3.05) is 0 Å². The lowest BCUT2D eigenvalue weighted by atomic mass is 9.93. The Labute approximate surface area is 95.7 Å². The van der Waals surface area contributed by atoms with Crippen molar-refractivity contribution in [1.82, 2.24) is 0 Å². The van der Waals surface area contributed by atoms with Crippen LogP contribution in [0.5, 0.6) is 0 Å². The van der Waals surface area contributed by atoms with E-state index in [1.807, 2.05) is 0 Å². The van der Waals surface area contributed by atoms with Crippen LogP contribution in [-0.4, -0.2) is 20.5 Å². The molecule has 0 radical (unpaired) electrons. The van der Waals surface area contributed by atoms with Gasteiger partial charge in [0.1, 0.15) is 0 Å². The molecule has 15 heavy (non-hydrogen) atoms. The zero-order valence-electron chi connectivity index (χ0n) is 10.6. The largest absolute Gasteiger partial charge is 0.412 e. The fourth-order valence-corrected chi connectivity index (χ4v) is 5.53. The van der Waals surface area contributed by atoms with Gasteiger partial charge in [-0.3, -0.25) is 0 Å². The monoisotopic (exact) mass is 229 g/mol. The molecule has 0 spiro atoms. The van der Waals surface area contributed by atoms with Gasteiger partial charge >= 0.3 is 0 Å². The molecule has 0 heterocycles. The van der Waals surface area contributed by atoms with Gasteiger partial charge in [0, 0.05) is 6.04 Å². The fraction of sp³-hybridized carbons (Fsp3) is 1.00. The summed E-state index contributed by atoms with van der Waals surface area (Å²) in [7, 11) is -1.43. The minimum absolute atomic E-state index is 0.301. The average molecular weight is 229 g/mol. The van der Waals surface area contributed by atoms with E-state index in [2.05, 4.69) is 20.8 Å².